The summed E-state index contributed by atoms with van der Waals surface area (Å²) in [6.07, 6.45) is -2.62. The van der Waals surface area contributed by atoms with Crippen molar-refractivity contribution < 1.29 is 26.4 Å². The lowest BCUT2D eigenvalue weighted by molar-refractivity contribution is -0.137. The van der Waals surface area contributed by atoms with Crippen molar-refractivity contribution in [1.29, 1.82) is 0 Å². The first-order chi connectivity index (χ1) is 13.9. The van der Waals surface area contributed by atoms with Crippen LogP contribution in [-0.4, -0.2) is 27.1 Å². The summed E-state index contributed by atoms with van der Waals surface area (Å²) in [7, 11) is -4.10. The Morgan fingerprint density at radius 3 is 2.13 bits per heavy atom. The van der Waals surface area contributed by atoms with E-state index in [-0.39, 0.29) is 5.02 Å². The lowest BCUT2D eigenvalue weighted by Crippen LogP contribution is -2.38. The van der Waals surface area contributed by atoms with Gasteiger partial charge in [-0.25, -0.2) is 8.42 Å². The average molecular weight is 463 g/mol. The van der Waals surface area contributed by atoms with E-state index in [1.165, 1.54) is 0 Å². The first-order valence-corrected chi connectivity index (χ1v) is 11.4. The Morgan fingerprint density at radius 2 is 1.67 bits per heavy atom. The van der Waals surface area contributed by atoms with Crippen molar-refractivity contribution in [2.45, 2.75) is 32.9 Å². The number of halogens is 4. The fourth-order valence-electron chi connectivity index (χ4n) is 2.97. The van der Waals surface area contributed by atoms with Crippen LogP contribution in [0.1, 0.15) is 30.5 Å². The SMILES string of the molecule is CCc1cccc(CC)c1NC(=O)CN(c1cc(C(F)(F)F)ccc1Cl)S(C)(=O)=O. The van der Waals surface area contributed by atoms with Gasteiger partial charge in [0.25, 0.3) is 0 Å². The highest BCUT2D eigenvalue weighted by molar-refractivity contribution is 7.92. The summed E-state index contributed by atoms with van der Waals surface area (Å²) in [4.78, 5) is 12.7. The third-order valence-electron chi connectivity index (χ3n) is 4.49. The minimum absolute atomic E-state index is 0.218. The summed E-state index contributed by atoms with van der Waals surface area (Å²) in [6.45, 7) is 3.10. The van der Waals surface area contributed by atoms with Crippen LogP contribution in [-0.2, 0) is 33.8 Å². The standard InChI is InChI=1S/C20H22ClF3N2O3S/c1-4-13-7-6-8-14(5-2)19(13)25-18(27)12-26(30(3,28)29)17-11-15(20(22,23)24)9-10-16(17)21/h6-11H,4-5,12H2,1-3H3,(H,25,27). The molecule has 0 saturated heterocycles. The van der Waals surface area contributed by atoms with Gasteiger partial charge in [0.05, 0.1) is 22.5 Å². The molecule has 10 heteroatoms. The number of hydrogen-bond acceptors (Lipinski definition) is 3. The molecule has 0 radical (unpaired) electrons. The molecule has 0 fully saturated rings. The number of nitrogens with one attached hydrogen (secondary N) is 1. The number of carbonyl (C=O) groups is 1. The van der Waals surface area contributed by atoms with Crippen molar-refractivity contribution in [3.8, 4) is 0 Å². The molecule has 0 aromatic heterocycles. The number of aryl methyl sites for hydroxylation is 2. The predicted octanol–water partition coefficient (Wildman–Crippen LogP) is 4.89. The molecule has 5 nitrogen and oxygen atoms in total. The highest BCUT2D eigenvalue weighted by Crippen LogP contribution is 2.36. The molecule has 0 aliphatic carbocycles. The third kappa shape index (κ3) is 5.66. The zero-order valence-electron chi connectivity index (χ0n) is 16.7. The Bertz CT molecular complexity index is 1020. The Morgan fingerprint density at radius 1 is 1.10 bits per heavy atom. The quantitative estimate of drug-likeness (QED) is 0.637. The van der Waals surface area contributed by atoms with Gasteiger partial charge in [-0.2, -0.15) is 13.2 Å². The molecule has 0 atom stereocenters. The zero-order chi connectivity index (χ0) is 22.7. The highest BCUT2D eigenvalue weighted by atomic mass is 35.5. The zero-order valence-corrected chi connectivity index (χ0v) is 18.2. The largest absolute Gasteiger partial charge is 0.416 e. The number of alkyl halides is 3. The van der Waals surface area contributed by atoms with E-state index in [2.05, 4.69) is 5.32 Å². The molecular formula is C20H22ClF3N2O3S. The fraction of sp³-hybridized carbons (Fsp3) is 0.350. The lowest BCUT2D eigenvalue weighted by Gasteiger charge is -2.24. The monoisotopic (exact) mass is 462 g/mol. The van der Waals surface area contributed by atoms with Gasteiger partial charge in [-0.1, -0.05) is 43.6 Å². The van der Waals surface area contributed by atoms with Gasteiger partial charge in [0.2, 0.25) is 15.9 Å². The maximum atomic E-state index is 13.1. The van der Waals surface area contributed by atoms with Crippen molar-refractivity contribution in [3.05, 3.63) is 58.1 Å². The van der Waals surface area contributed by atoms with Crippen LogP contribution in [0.3, 0.4) is 0 Å². The molecule has 0 aliphatic heterocycles. The normalized spacial score (nSPS) is 12.0. The molecule has 2 aromatic carbocycles. The van der Waals surface area contributed by atoms with E-state index in [1.54, 1.807) is 0 Å². The van der Waals surface area contributed by atoms with E-state index >= 15 is 0 Å². The number of rotatable bonds is 7. The predicted molar refractivity (Wildman–Crippen MR) is 112 cm³/mol. The second kappa shape index (κ2) is 9.26. The molecule has 0 spiro atoms. The van der Waals surface area contributed by atoms with Crippen LogP contribution in [0.25, 0.3) is 0 Å². The maximum Gasteiger partial charge on any atom is 0.416 e. The minimum Gasteiger partial charge on any atom is -0.324 e. The summed E-state index contributed by atoms with van der Waals surface area (Å²) in [5.74, 6) is -0.690. The van der Waals surface area contributed by atoms with E-state index in [4.69, 9.17) is 11.6 Å². The van der Waals surface area contributed by atoms with Crippen molar-refractivity contribution in [2.75, 3.05) is 22.4 Å². The number of amides is 1. The Balaban J connectivity index is 2.42. The number of nitrogens with zero attached hydrogens (tertiary/aromatic N) is 1. The van der Waals surface area contributed by atoms with Gasteiger partial charge in [0.15, 0.2) is 0 Å². The summed E-state index contributed by atoms with van der Waals surface area (Å²) in [5, 5.41) is 2.49. The fourth-order valence-corrected chi connectivity index (χ4v) is 4.10. The number of anilines is 2. The molecule has 0 unspecified atom stereocenters. The molecule has 0 aliphatic rings. The molecule has 0 heterocycles. The van der Waals surface area contributed by atoms with E-state index in [0.29, 0.717) is 28.9 Å². The summed E-state index contributed by atoms with van der Waals surface area (Å²) in [6, 6.07) is 7.86. The number of benzene rings is 2. The maximum absolute atomic E-state index is 13.1. The smallest absolute Gasteiger partial charge is 0.324 e. The second-order valence-corrected chi connectivity index (χ2v) is 8.95. The van der Waals surface area contributed by atoms with Gasteiger partial charge in [-0.15, -0.1) is 0 Å². The van der Waals surface area contributed by atoms with E-state index in [0.717, 1.165) is 29.5 Å². The number of hydrogen-bond donors (Lipinski definition) is 1. The van der Waals surface area contributed by atoms with Crippen LogP contribution in [0, 0.1) is 0 Å². The van der Waals surface area contributed by atoms with Crippen LogP contribution in [0.2, 0.25) is 5.02 Å². The molecule has 2 rings (SSSR count). The first-order valence-electron chi connectivity index (χ1n) is 9.13. The Kier molecular flexibility index (Phi) is 7.41. The van der Waals surface area contributed by atoms with Gasteiger partial charge in [-0.05, 0) is 42.2 Å². The van der Waals surface area contributed by atoms with Gasteiger partial charge >= 0.3 is 6.18 Å². The van der Waals surface area contributed by atoms with E-state index in [1.807, 2.05) is 32.0 Å². The van der Waals surface area contributed by atoms with Crippen molar-refractivity contribution in [2.24, 2.45) is 0 Å². The Hall–Kier alpha value is -2.26. The van der Waals surface area contributed by atoms with Crippen LogP contribution in [0.5, 0.6) is 0 Å². The molecule has 2 aromatic rings. The number of carbonyl (C=O) groups excluding carboxylic acids is 1. The summed E-state index contributed by atoms with van der Waals surface area (Å²) >= 11 is 5.98. The minimum atomic E-state index is -4.69. The Labute approximate surface area is 178 Å². The summed E-state index contributed by atoms with van der Waals surface area (Å²) < 4.78 is 64.4. The van der Waals surface area contributed by atoms with Crippen molar-refractivity contribution >= 4 is 38.9 Å². The van der Waals surface area contributed by atoms with Crippen molar-refractivity contribution in [3.63, 3.8) is 0 Å². The van der Waals surface area contributed by atoms with Gasteiger partial charge < -0.3 is 5.32 Å². The van der Waals surface area contributed by atoms with Crippen LogP contribution < -0.4 is 9.62 Å². The number of sulfonamides is 1. The average Bonchev–Trinajstić information content (AvgIpc) is 2.65. The molecule has 0 saturated carbocycles. The third-order valence-corrected chi connectivity index (χ3v) is 5.94. The summed E-state index contributed by atoms with van der Waals surface area (Å²) in [5.41, 5.74) is 0.830. The molecule has 1 N–H and O–H groups in total. The topological polar surface area (TPSA) is 66.5 Å². The molecule has 30 heavy (non-hydrogen) atoms. The molecule has 1 amide bonds. The van der Waals surface area contributed by atoms with Crippen LogP contribution >= 0.6 is 11.6 Å². The van der Waals surface area contributed by atoms with Crippen LogP contribution in [0.4, 0.5) is 24.5 Å². The van der Waals surface area contributed by atoms with Gasteiger partial charge in [-0.3, -0.25) is 9.10 Å². The molecule has 164 valence electrons. The van der Waals surface area contributed by atoms with Gasteiger partial charge in [0.1, 0.15) is 6.54 Å². The lowest BCUT2D eigenvalue weighted by atomic mass is 10.0. The molecule has 0 bridgehead atoms. The van der Waals surface area contributed by atoms with Crippen molar-refractivity contribution in [1.82, 2.24) is 0 Å². The van der Waals surface area contributed by atoms with E-state index in [9.17, 15) is 26.4 Å². The van der Waals surface area contributed by atoms with Gasteiger partial charge in [0, 0.05) is 5.69 Å². The molecular weight excluding hydrogens is 441 g/mol. The number of para-hydroxylation sites is 1. The second-order valence-electron chi connectivity index (χ2n) is 6.64. The highest BCUT2D eigenvalue weighted by Gasteiger charge is 2.33. The first kappa shape index (κ1) is 24.0. The van der Waals surface area contributed by atoms with E-state index < -0.39 is 39.9 Å². The van der Waals surface area contributed by atoms with Crippen LogP contribution in [0.15, 0.2) is 36.4 Å².